The lowest BCUT2D eigenvalue weighted by Gasteiger charge is -2.29. The Bertz CT molecular complexity index is 774. The third-order valence-corrected chi connectivity index (χ3v) is 5.31. The number of likely N-dealkylation sites (tertiary alicyclic amines) is 1. The predicted octanol–water partition coefficient (Wildman–Crippen LogP) is 4.05. The molecule has 4 rings (SSSR count). The molecule has 2 atom stereocenters. The molecule has 1 N–H and O–H groups in total. The SMILES string of the molecule is Cc1ccc2c(c1)[C@@]1(C)CCN(C(=O)OCc3ccccc3)[C@H]1N2. The Balaban J connectivity index is 1.50. The molecule has 2 aliphatic rings. The van der Waals surface area contributed by atoms with Crippen LogP contribution in [0.5, 0.6) is 0 Å². The number of carbonyl (C=O) groups excluding carboxylic acids is 1. The van der Waals surface area contributed by atoms with E-state index >= 15 is 0 Å². The van der Waals surface area contributed by atoms with Crippen molar-refractivity contribution in [1.29, 1.82) is 0 Å². The van der Waals surface area contributed by atoms with Gasteiger partial charge >= 0.3 is 6.09 Å². The normalized spacial score (nSPS) is 24.2. The molecule has 0 unspecified atom stereocenters. The minimum atomic E-state index is -0.246. The van der Waals surface area contributed by atoms with E-state index in [1.807, 2.05) is 35.2 Å². The molecule has 0 saturated carbocycles. The fraction of sp³-hybridized carbons (Fsp3) is 0.350. The molecule has 2 aliphatic heterocycles. The van der Waals surface area contributed by atoms with Crippen molar-refractivity contribution in [3.63, 3.8) is 0 Å². The zero-order valence-corrected chi connectivity index (χ0v) is 14.1. The molecule has 4 nitrogen and oxygen atoms in total. The highest BCUT2D eigenvalue weighted by Crippen LogP contribution is 2.48. The van der Waals surface area contributed by atoms with E-state index in [9.17, 15) is 4.79 Å². The number of benzene rings is 2. The van der Waals surface area contributed by atoms with Gasteiger partial charge in [-0.2, -0.15) is 0 Å². The first-order valence-corrected chi connectivity index (χ1v) is 8.43. The second kappa shape index (κ2) is 5.55. The lowest BCUT2D eigenvalue weighted by atomic mass is 9.81. The van der Waals surface area contributed by atoms with Crippen LogP contribution in [0.2, 0.25) is 0 Å². The number of hydrogen-bond acceptors (Lipinski definition) is 3. The van der Waals surface area contributed by atoms with E-state index in [1.165, 1.54) is 11.1 Å². The van der Waals surface area contributed by atoms with Crippen molar-refractivity contribution < 1.29 is 9.53 Å². The number of amides is 1. The highest BCUT2D eigenvalue weighted by atomic mass is 16.6. The topological polar surface area (TPSA) is 41.6 Å². The molecule has 0 spiro atoms. The van der Waals surface area contributed by atoms with E-state index < -0.39 is 0 Å². The maximum atomic E-state index is 12.6. The fourth-order valence-electron chi connectivity index (χ4n) is 3.88. The van der Waals surface area contributed by atoms with Crippen molar-refractivity contribution in [3.8, 4) is 0 Å². The van der Waals surface area contributed by atoms with Crippen LogP contribution < -0.4 is 5.32 Å². The summed E-state index contributed by atoms with van der Waals surface area (Å²) in [7, 11) is 0. The number of carbonyl (C=O) groups is 1. The summed E-state index contributed by atoms with van der Waals surface area (Å²) in [6, 6.07) is 16.2. The van der Waals surface area contributed by atoms with E-state index in [-0.39, 0.29) is 17.7 Å². The van der Waals surface area contributed by atoms with Crippen LogP contribution in [0.4, 0.5) is 10.5 Å². The van der Waals surface area contributed by atoms with E-state index in [0.717, 1.165) is 24.2 Å². The summed E-state index contributed by atoms with van der Waals surface area (Å²) in [5.41, 5.74) is 4.65. The Morgan fingerprint density at radius 1 is 1.29 bits per heavy atom. The second-order valence-electron chi connectivity index (χ2n) is 7.00. The van der Waals surface area contributed by atoms with Crippen molar-refractivity contribution in [2.24, 2.45) is 0 Å². The zero-order valence-electron chi connectivity index (χ0n) is 14.1. The fourth-order valence-corrected chi connectivity index (χ4v) is 3.88. The molecule has 2 heterocycles. The minimum absolute atomic E-state index is 0.0300. The molecular formula is C20H22N2O2. The highest BCUT2D eigenvalue weighted by molar-refractivity contribution is 5.73. The molecule has 0 bridgehead atoms. The average molecular weight is 322 g/mol. The number of fused-ring (bicyclic) bond motifs is 3. The van der Waals surface area contributed by atoms with Gasteiger partial charge in [0.1, 0.15) is 12.8 Å². The van der Waals surface area contributed by atoms with Gasteiger partial charge in [-0.05, 0) is 30.5 Å². The molecule has 1 amide bonds. The first-order chi connectivity index (χ1) is 11.6. The van der Waals surface area contributed by atoms with Gasteiger partial charge in [0.05, 0.1) is 0 Å². The third-order valence-electron chi connectivity index (χ3n) is 5.31. The summed E-state index contributed by atoms with van der Waals surface area (Å²) in [5.74, 6) is 0. The molecule has 0 aliphatic carbocycles. The smallest absolute Gasteiger partial charge is 0.411 e. The van der Waals surface area contributed by atoms with Crippen LogP contribution in [0.1, 0.15) is 30.0 Å². The number of aryl methyl sites for hydroxylation is 1. The Kier molecular flexibility index (Phi) is 3.48. The maximum Gasteiger partial charge on any atom is 0.411 e. The number of rotatable bonds is 2. The second-order valence-corrected chi connectivity index (χ2v) is 7.00. The number of anilines is 1. The van der Waals surface area contributed by atoms with Gasteiger partial charge in [-0.3, -0.25) is 4.90 Å². The molecule has 0 aromatic heterocycles. The van der Waals surface area contributed by atoms with Gasteiger partial charge in [-0.1, -0.05) is 55.0 Å². The third kappa shape index (κ3) is 2.33. The molecular weight excluding hydrogens is 300 g/mol. The van der Waals surface area contributed by atoms with Crippen molar-refractivity contribution in [2.75, 3.05) is 11.9 Å². The van der Waals surface area contributed by atoms with Crippen LogP contribution in [0, 0.1) is 6.92 Å². The first kappa shape index (κ1) is 15.1. The molecule has 124 valence electrons. The molecule has 24 heavy (non-hydrogen) atoms. The lowest BCUT2D eigenvalue weighted by Crippen LogP contribution is -2.45. The average Bonchev–Trinajstić information content (AvgIpc) is 3.06. The van der Waals surface area contributed by atoms with E-state index in [0.29, 0.717) is 6.61 Å². The molecule has 2 aromatic carbocycles. The summed E-state index contributed by atoms with van der Waals surface area (Å²) in [6.07, 6.45) is 0.670. The maximum absolute atomic E-state index is 12.6. The number of ether oxygens (including phenoxy) is 1. The van der Waals surface area contributed by atoms with Gasteiger partial charge in [0.25, 0.3) is 0 Å². The highest BCUT2D eigenvalue weighted by Gasteiger charge is 2.52. The van der Waals surface area contributed by atoms with E-state index in [1.54, 1.807) is 0 Å². The molecule has 4 heteroatoms. The molecule has 1 fully saturated rings. The van der Waals surface area contributed by atoms with Gasteiger partial charge in [-0.25, -0.2) is 4.79 Å². The summed E-state index contributed by atoms with van der Waals surface area (Å²) in [4.78, 5) is 14.4. The largest absolute Gasteiger partial charge is 0.444 e. The number of nitrogens with zero attached hydrogens (tertiary/aromatic N) is 1. The minimum Gasteiger partial charge on any atom is -0.444 e. The number of hydrogen-bond donors (Lipinski definition) is 1. The summed E-state index contributed by atoms with van der Waals surface area (Å²) in [5, 5.41) is 3.52. The van der Waals surface area contributed by atoms with Gasteiger partial charge < -0.3 is 10.1 Å². The zero-order chi connectivity index (χ0) is 16.7. The predicted molar refractivity (Wildman–Crippen MR) is 93.9 cm³/mol. The summed E-state index contributed by atoms with van der Waals surface area (Å²) >= 11 is 0. The first-order valence-electron chi connectivity index (χ1n) is 8.43. The molecule has 1 saturated heterocycles. The van der Waals surface area contributed by atoms with Crippen LogP contribution in [-0.4, -0.2) is 23.7 Å². The van der Waals surface area contributed by atoms with Gasteiger partial charge in [-0.15, -0.1) is 0 Å². The van der Waals surface area contributed by atoms with Crippen molar-refractivity contribution in [3.05, 3.63) is 65.2 Å². The summed E-state index contributed by atoms with van der Waals surface area (Å²) < 4.78 is 5.53. The molecule has 0 radical (unpaired) electrons. The van der Waals surface area contributed by atoms with Crippen LogP contribution in [0.25, 0.3) is 0 Å². The van der Waals surface area contributed by atoms with E-state index in [2.05, 4.69) is 37.4 Å². The Morgan fingerprint density at radius 2 is 2.08 bits per heavy atom. The van der Waals surface area contributed by atoms with Crippen molar-refractivity contribution in [2.45, 2.75) is 38.5 Å². The Morgan fingerprint density at radius 3 is 2.88 bits per heavy atom. The quantitative estimate of drug-likeness (QED) is 0.907. The van der Waals surface area contributed by atoms with Gasteiger partial charge in [0.2, 0.25) is 0 Å². The summed E-state index contributed by atoms with van der Waals surface area (Å²) in [6.45, 7) is 5.37. The monoisotopic (exact) mass is 322 g/mol. The van der Waals surface area contributed by atoms with Gasteiger partial charge in [0.15, 0.2) is 0 Å². The Hall–Kier alpha value is -2.49. The van der Waals surface area contributed by atoms with E-state index in [4.69, 9.17) is 4.74 Å². The van der Waals surface area contributed by atoms with Crippen LogP contribution >= 0.6 is 0 Å². The number of nitrogens with one attached hydrogen (secondary N) is 1. The standard InChI is InChI=1S/C20H22N2O2/c1-14-8-9-17-16(12-14)20(2)10-11-22(18(20)21-17)19(23)24-13-15-6-4-3-5-7-15/h3-9,12,18,21H,10-11,13H2,1-2H3/t18-,20-/m1/s1. The van der Waals surface area contributed by atoms with Crippen molar-refractivity contribution in [1.82, 2.24) is 4.90 Å². The Labute approximate surface area is 142 Å². The van der Waals surface area contributed by atoms with Crippen LogP contribution in [0.15, 0.2) is 48.5 Å². The lowest BCUT2D eigenvalue weighted by molar-refractivity contribution is 0.0923. The molecule has 2 aromatic rings. The van der Waals surface area contributed by atoms with Crippen LogP contribution in [-0.2, 0) is 16.8 Å². The van der Waals surface area contributed by atoms with Crippen LogP contribution in [0.3, 0.4) is 0 Å². The van der Waals surface area contributed by atoms with Gasteiger partial charge in [0, 0.05) is 17.6 Å². The van der Waals surface area contributed by atoms with Crippen molar-refractivity contribution >= 4 is 11.8 Å².